The number of hydrogen-bond donors (Lipinski definition) is 2. The number of aromatic carboxylic acids is 1. The summed E-state index contributed by atoms with van der Waals surface area (Å²) in [6.45, 7) is 6.13. The normalized spacial score (nSPS) is 13.6. The highest BCUT2D eigenvalue weighted by molar-refractivity contribution is 5.95. The second-order valence-electron chi connectivity index (χ2n) is 5.06. The zero-order chi connectivity index (χ0) is 15.3. The van der Waals surface area contributed by atoms with Crippen molar-refractivity contribution >= 4 is 17.3 Å². The quantitative estimate of drug-likeness (QED) is 0.588. The molecule has 0 aliphatic heterocycles. The van der Waals surface area contributed by atoms with E-state index >= 15 is 0 Å². The number of anilines is 1. The van der Waals surface area contributed by atoms with E-state index in [0.717, 1.165) is 12.8 Å². The largest absolute Gasteiger partial charge is 0.477 e. The van der Waals surface area contributed by atoms with Gasteiger partial charge in [0.15, 0.2) is 0 Å². The average Bonchev–Trinajstić information content (AvgIpc) is 2.37. The highest BCUT2D eigenvalue weighted by Crippen LogP contribution is 2.29. The van der Waals surface area contributed by atoms with E-state index in [1.165, 1.54) is 18.2 Å². The highest BCUT2D eigenvalue weighted by Gasteiger charge is 2.24. The summed E-state index contributed by atoms with van der Waals surface area (Å²) in [5.41, 5.74) is -0.419. The van der Waals surface area contributed by atoms with Crippen molar-refractivity contribution in [2.45, 2.75) is 39.7 Å². The number of nitro groups is 1. The Morgan fingerprint density at radius 1 is 1.45 bits per heavy atom. The molecule has 1 aromatic rings. The predicted molar refractivity (Wildman–Crippen MR) is 77.2 cm³/mol. The van der Waals surface area contributed by atoms with Gasteiger partial charge in [-0.25, -0.2) is 4.79 Å². The van der Waals surface area contributed by atoms with E-state index in [1.807, 2.05) is 6.92 Å². The summed E-state index contributed by atoms with van der Waals surface area (Å²) in [5.74, 6) is -0.797. The van der Waals surface area contributed by atoms with Gasteiger partial charge in [-0.1, -0.05) is 26.3 Å². The van der Waals surface area contributed by atoms with Crippen molar-refractivity contribution in [2.75, 3.05) is 5.32 Å². The molecule has 2 N–H and O–H groups in total. The van der Waals surface area contributed by atoms with Crippen molar-refractivity contribution in [2.24, 2.45) is 5.92 Å². The number of benzene rings is 1. The molecule has 0 amide bonds. The van der Waals surface area contributed by atoms with Gasteiger partial charge in [-0.3, -0.25) is 10.1 Å². The van der Waals surface area contributed by atoms with Crippen LogP contribution in [0.1, 0.15) is 44.0 Å². The van der Waals surface area contributed by atoms with Crippen LogP contribution in [-0.4, -0.2) is 22.0 Å². The summed E-state index contributed by atoms with van der Waals surface area (Å²) in [5, 5.41) is 23.2. The highest BCUT2D eigenvalue weighted by atomic mass is 16.6. The van der Waals surface area contributed by atoms with Crippen molar-refractivity contribution in [3.63, 3.8) is 0 Å². The third kappa shape index (κ3) is 3.94. The molecule has 0 saturated heterocycles. The number of nitrogens with one attached hydrogen (secondary N) is 1. The molecule has 0 bridgehead atoms. The third-order valence-electron chi connectivity index (χ3n) is 3.30. The van der Waals surface area contributed by atoms with Gasteiger partial charge in [0.25, 0.3) is 0 Å². The smallest absolute Gasteiger partial charge is 0.342 e. The van der Waals surface area contributed by atoms with Gasteiger partial charge in [-0.2, -0.15) is 0 Å². The number of nitro benzene ring substituents is 1. The van der Waals surface area contributed by atoms with Gasteiger partial charge in [-0.15, -0.1) is 0 Å². The minimum atomic E-state index is -1.30. The Kier molecular flexibility index (Phi) is 5.49. The number of carboxylic acids is 1. The molecule has 1 aromatic carbocycles. The molecular weight excluding hydrogens is 260 g/mol. The number of hydrogen-bond acceptors (Lipinski definition) is 4. The first-order valence-electron chi connectivity index (χ1n) is 6.64. The van der Waals surface area contributed by atoms with Crippen molar-refractivity contribution in [3.8, 4) is 0 Å². The molecular formula is C14H20N2O4. The van der Waals surface area contributed by atoms with Crippen molar-refractivity contribution in [1.29, 1.82) is 0 Å². The molecule has 1 rings (SSSR count). The van der Waals surface area contributed by atoms with Gasteiger partial charge in [0, 0.05) is 6.04 Å². The summed E-state index contributed by atoms with van der Waals surface area (Å²) in [4.78, 5) is 21.5. The van der Waals surface area contributed by atoms with Gasteiger partial charge in [-0.05, 0) is 31.4 Å². The Labute approximate surface area is 118 Å². The molecule has 0 aliphatic carbocycles. The van der Waals surface area contributed by atoms with Crippen LogP contribution in [0, 0.1) is 16.0 Å². The first-order chi connectivity index (χ1) is 9.36. The maximum Gasteiger partial charge on any atom is 0.342 e. The fourth-order valence-corrected chi connectivity index (χ4v) is 2.12. The summed E-state index contributed by atoms with van der Waals surface area (Å²) in [6.07, 6.45) is 1.90. The lowest BCUT2D eigenvalue weighted by molar-refractivity contribution is -0.384. The fraction of sp³-hybridized carbons (Fsp3) is 0.500. The first kappa shape index (κ1) is 15.9. The van der Waals surface area contributed by atoms with Gasteiger partial charge in [0.05, 0.1) is 4.92 Å². The Hall–Kier alpha value is -2.11. The first-order valence-corrected chi connectivity index (χ1v) is 6.64. The SMILES string of the molecule is CCC(C)CC(C)Nc1cccc(C(=O)O)c1[N+](=O)[O-]. The Bertz CT molecular complexity index is 502. The van der Waals surface area contributed by atoms with E-state index in [-0.39, 0.29) is 23.0 Å². The van der Waals surface area contributed by atoms with Crippen LogP contribution in [0.15, 0.2) is 18.2 Å². The number of nitrogens with zero attached hydrogens (tertiary/aromatic N) is 1. The molecule has 0 spiro atoms. The van der Waals surface area contributed by atoms with Gasteiger partial charge in [0.1, 0.15) is 11.3 Å². The molecule has 2 atom stereocenters. The summed E-state index contributed by atoms with van der Waals surface area (Å²) in [7, 11) is 0. The summed E-state index contributed by atoms with van der Waals surface area (Å²) < 4.78 is 0. The lowest BCUT2D eigenvalue weighted by Gasteiger charge is -2.19. The van der Waals surface area contributed by atoms with Crippen LogP contribution in [-0.2, 0) is 0 Å². The molecule has 20 heavy (non-hydrogen) atoms. The minimum Gasteiger partial charge on any atom is -0.477 e. The van der Waals surface area contributed by atoms with Crippen molar-refractivity contribution in [1.82, 2.24) is 0 Å². The molecule has 0 radical (unpaired) electrons. The molecule has 110 valence electrons. The maximum atomic E-state index is 11.1. The number of carbonyl (C=O) groups is 1. The molecule has 6 nitrogen and oxygen atoms in total. The van der Waals surface area contributed by atoms with Gasteiger partial charge >= 0.3 is 11.7 Å². The third-order valence-corrected chi connectivity index (χ3v) is 3.30. The summed E-state index contributed by atoms with van der Waals surface area (Å²) >= 11 is 0. The van der Waals surface area contributed by atoms with Crippen molar-refractivity contribution < 1.29 is 14.8 Å². The van der Waals surface area contributed by atoms with Gasteiger partial charge < -0.3 is 10.4 Å². The van der Waals surface area contributed by atoms with Crippen LogP contribution in [0.5, 0.6) is 0 Å². The molecule has 0 saturated carbocycles. The van der Waals surface area contributed by atoms with Gasteiger partial charge in [0.2, 0.25) is 0 Å². The monoisotopic (exact) mass is 280 g/mol. The van der Waals surface area contributed by atoms with Crippen molar-refractivity contribution in [3.05, 3.63) is 33.9 Å². The predicted octanol–water partition coefficient (Wildman–Crippen LogP) is 3.53. The van der Waals surface area contributed by atoms with Crippen LogP contribution < -0.4 is 5.32 Å². The lowest BCUT2D eigenvalue weighted by atomic mass is 10.00. The average molecular weight is 280 g/mol. The minimum absolute atomic E-state index is 0.0349. The maximum absolute atomic E-state index is 11.1. The van der Waals surface area contributed by atoms with Crippen LogP contribution in [0.3, 0.4) is 0 Å². The zero-order valence-electron chi connectivity index (χ0n) is 11.9. The van der Waals surface area contributed by atoms with Crippen LogP contribution in [0.25, 0.3) is 0 Å². The number of para-hydroxylation sites is 1. The number of carboxylic acid groups (broad SMARTS) is 1. The standard InChI is InChI=1S/C14H20N2O4/c1-4-9(2)8-10(3)15-12-7-5-6-11(14(17)18)13(12)16(19)20/h5-7,9-10,15H,4,8H2,1-3H3,(H,17,18). The summed E-state index contributed by atoms with van der Waals surface area (Å²) in [6, 6.07) is 4.32. The zero-order valence-corrected chi connectivity index (χ0v) is 11.9. The Morgan fingerprint density at radius 2 is 2.10 bits per heavy atom. The molecule has 6 heteroatoms. The Morgan fingerprint density at radius 3 is 2.60 bits per heavy atom. The number of rotatable bonds is 7. The van der Waals surface area contributed by atoms with E-state index in [2.05, 4.69) is 19.2 Å². The lowest BCUT2D eigenvalue weighted by Crippen LogP contribution is -2.19. The second kappa shape index (κ2) is 6.88. The second-order valence-corrected chi connectivity index (χ2v) is 5.06. The van der Waals surface area contributed by atoms with E-state index in [1.54, 1.807) is 0 Å². The van der Waals surface area contributed by atoms with Crippen LogP contribution in [0.2, 0.25) is 0 Å². The van der Waals surface area contributed by atoms with Crippen LogP contribution in [0.4, 0.5) is 11.4 Å². The topological polar surface area (TPSA) is 92.5 Å². The van der Waals surface area contributed by atoms with E-state index < -0.39 is 10.9 Å². The molecule has 0 heterocycles. The molecule has 0 aliphatic rings. The fourth-order valence-electron chi connectivity index (χ4n) is 2.12. The molecule has 0 fully saturated rings. The van der Waals surface area contributed by atoms with E-state index in [9.17, 15) is 14.9 Å². The molecule has 0 aromatic heterocycles. The van der Waals surface area contributed by atoms with E-state index in [0.29, 0.717) is 5.92 Å². The Balaban J connectivity index is 3.03. The van der Waals surface area contributed by atoms with E-state index in [4.69, 9.17) is 5.11 Å². The van der Waals surface area contributed by atoms with Crippen LogP contribution >= 0.6 is 0 Å². The molecule has 2 unspecified atom stereocenters.